The highest BCUT2D eigenvalue weighted by molar-refractivity contribution is 5.14. The Hall–Kier alpha value is -0.460. The van der Waals surface area contributed by atoms with Crippen LogP contribution in [-0.2, 0) is 14.2 Å². The molecule has 2 N–H and O–H groups in total. The molecule has 0 aliphatic carbocycles. The highest BCUT2D eigenvalue weighted by atomic mass is 16.8. The molecule has 2 rings (SSSR count). The summed E-state index contributed by atoms with van der Waals surface area (Å²) >= 11 is 0. The van der Waals surface area contributed by atoms with Crippen LogP contribution in [0.15, 0.2) is 12.7 Å². The van der Waals surface area contributed by atoms with Crippen molar-refractivity contribution in [2.75, 3.05) is 6.61 Å². The number of hydrogen-bond donors (Lipinski definition) is 2. The predicted molar refractivity (Wildman–Crippen MR) is 50.9 cm³/mol. The average Bonchev–Trinajstić information content (AvgIpc) is 2.60. The van der Waals surface area contributed by atoms with Crippen LogP contribution >= 0.6 is 0 Å². The summed E-state index contributed by atoms with van der Waals surface area (Å²) in [5, 5.41) is 19.3. The van der Waals surface area contributed by atoms with Crippen molar-refractivity contribution in [3.05, 3.63) is 12.7 Å². The zero-order chi connectivity index (χ0) is 11.3. The summed E-state index contributed by atoms with van der Waals surface area (Å²) in [5.41, 5.74) is -1.40. The van der Waals surface area contributed by atoms with Crippen molar-refractivity contribution in [3.63, 3.8) is 0 Å². The first-order valence-corrected chi connectivity index (χ1v) is 4.91. The van der Waals surface area contributed by atoms with E-state index in [0.717, 1.165) is 0 Å². The molecule has 0 aromatic rings. The maximum atomic E-state index is 10.3. The lowest BCUT2D eigenvalue weighted by Gasteiger charge is -2.29. The number of rotatable bonds is 2. The summed E-state index contributed by atoms with van der Waals surface area (Å²) in [6.45, 7) is 6.73. The monoisotopic (exact) mass is 216 g/mol. The van der Waals surface area contributed by atoms with E-state index >= 15 is 0 Å². The average molecular weight is 216 g/mol. The van der Waals surface area contributed by atoms with Crippen LogP contribution in [0.2, 0.25) is 0 Å². The van der Waals surface area contributed by atoms with Crippen LogP contribution in [0, 0.1) is 0 Å². The number of hydrogen-bond acceptors (Lipinski definition) is 5. The molecule has 0 spiro atoms. The normalized spacial score (nSPS) is 47.9. The van der Waals surface area contributed by atoms with Crippen LogP contribution in [0.25, 0.3) is 0 Å². The van der Waals surface area contributed by atoms with E-state index in [1.54, 1.807) is 13.8 Å². The molecular weight excluding hydrogens is 200 g/mol. The molecule has 0 unspecified atom stereocenters. The van der Waals surface area contributed by atoms with Crippen LogP contribution in [-0.4, -0.2) is 46.7 Å². The van der Waals surface area contributed by atoms with Gasteiger partial charge in [-0.1, -0.05) is 6.08 Å². The highest BCUT2D eigenvalue weighted by Gasteiger charge is 2.61. The van der Waals surface area contributed by atoms with E-state index in [-0.39, 0.29) is 6.61 Å². The van der Waals surface area contributed by atoms with Gasteiger partial charge < -0.3 is 24.4 Å². The second-order valence-corrected chi connectivity index (χ2v) is 4.32. The van der Waals surface area contributed by atoms with Crippen LogP contribution in [0.5, 0.6) is 0 Å². The van der Waals surface area contributed by atoms with Gasteiger partial charge in [0.05, 0.1) is 6.61 Å². The SMILES string of the molecule is C=C[C@@]1(O)[C@@H](CO)O[C@@H]2OC(C)(C)O[C@@H]21. The van der Waals surface area contributed by atoms with Gasteiger partial charge in [-0.2, -0.15) is 0 Å². The summed E-state index contributed by atoms with van der Waals surface area (Å²) in [7, 11) is 0. The molecule has 15 heavy (non-hydrogen) atoms. The van der Waals surface area contributed by atoms with E-state index in [9.17, 15) is 5.11 Å². The maximum Gasteiger partial charge on any atom is 0.191 e. The van der Waals surface area contributed by atoms with E-state index in [0.29, 0.717) is 0 Å². The Bertz CT molecular complexity index is 277. The second kappa shape index (κ2) is 3.26. The first-order chi connectivity index (χ1) is 6.93. The minimum atomic E-state index is -1.40. The third kappa shape index (κ3) is 1.51. The van der Waals surface area contributed by atoms with Gasteiger partial charge in [0.1, 0.15) is 17.8 Å². The zero-order valence-electron chi connectivity index (χ0n) is 8.84. The van der Waals surface area contributed by atoms with Crippen molar-refractivity contribution in [1.29, 1.82) is 0 Å². The Balaban J connectivity index is 2.25. The quantitative estimate of drug-likeness (QED) is 0.624. The zero-order valence-corrected chi connectivity index (χ0v) is 8.84. The predicted octanol–water partition coefficient (Wildman–Crippen LogP) is -0.228. The smallest absolute Gasteiger partial charge is 0.191 e. The van der Waals surface area contributed by atoms with Gasteiger partial charge in [0, 0.05) is 0 Å². The van der Waals surface area contributed by atoms with Gasteiger partial charge in [0.25, 0.3) is 0 Å². The summed E-state index contributed by atoms with van der Waals surface area (Å²) < 4.78 is 16.3. The molecule has 2 heterocycles. The Labute approximate surface area is 88.3 Å². The second-order valence-electron chi connectivity index (χ2n) is 4.32. The number of aliphatic hydroxyl groups is 2. The van der Waals surface area contributed by atoms with Crippen LogP contribution in [0.4, 0.5) is 0 Å². The fraction of sp³-hybridized carbons (Fsp3) is 0.800. The standard InChI is InChI=1S/C10H16O5/c1-4-10(12)6(5-11)13-8-7(10)14-9(2,3)15-8/h4,6-8,11-12H,1,5H2,2-3H3/t6-,7+,8-,10-/m1/s1. The van der Waals surface area contributed by atoms with E-state index in [1.807, 2.05) is 0 Å². The minimum Gasteiger partial charge on any atom is -0.394 e. The fourth-order valence-electron chi connectivity index (χ4n) is 2.03. The van der Waals surface area contributed by atoms with Crippen molar-refractivity contribution in [2.45, 2.75) is 43.7 Å². The van der Waals surface area contributed by atoms with Crippen LogP contribution in [0.3, 0.4) is 0 Å². The molecule has 0 radical (unpaired) electrons. The summed E-state index contributed by atoms with van der Waals surface area (Å²) in [6.07, 6.45) is -0.702. The van der Waals surface area contributed by atoms with Gasteiger partial charge in [0.15, 0.2) is 12.1 Å². The lowest BCUT2D eigenvalue weighted by molar-refractivity contribution is -0.227. The van der Waals surface area contributed by atoms with Gasteiger partial charge in [-0.25, -0.2) is 0 Å². The van der Waals surface area contributed by atoms with Gasteiger partial charge in [0.2, 0.25) is 0 Å². The maximum absolute atomic E-state index is 10.3. The molecule has 5 nitrogen and oxygen atoms in total. The van der Waals surface area contributed by atoms with Crippen molar-refractivity contribution in [1.82, 2.24) is 0 Å². The van der Waals surface area contributed by atoms with Gasteiger partial charge in [-0.3, -0.25) is 0 Å². The Morgan fingerprint density at radius 3 is 2.60 bits per heavy atom. The molecule has 2 fully saturated rings. The molecule has 2 aliphatic heterocycles. The summed E-state index contributed by atoms with van der Waals surface area (Å²) in [6, 6.07) is 0. The topological polar surface area (TPSA) is 68.2 Å². The van der Waals surface area contributed by atoms with Gasteiger partial charge in [-0.15, -0.1) is 6.58 Å². The largest absolute Gasteiger partial charge is 0.394 e. The van der Waals surface area contributed by atoms with Crippen molar-refractivity contribution in [3.8, 4) is 0 Å². The lowest BCUT2D eigenvalue weighted by Crippen LogP contribution is -2.48. The first kappa shape index (κ1) is 11.0. The molecule has 2 aliphatic rings. The van der Waals surface area contributed by atoms with E-state index in [1.165, 1.54) is 6.08 Å². The third-order valence-electron chi connectivity index (χ3n) is 2.82. The van der Waals surface area contributed by atoms with Crippen molar-refractivity contribution in [2.24, 2.45) is 0 Å². The molecule has 0 bridgehead atoms. The molecule has 0 saturated carbocycles. The van der Waals surface area contributed by atoms with Crippen molar-refractivity contribution >= 4 is 0 Å². The molecule has 0 aromatic heterocycles. The Morgan fingerprint density at radius 1 is 1.40 bits per heavy atom. The summed E-state index contributed by atoms with van der Waals surface area (Å²) in [4.78, 5) is 0. The fourth-order valence-corrected chi connectivity index (χ4v) is 2.03. The molecular formula is C10H16O5. The van der Waals surface area contributed by atoms with E-state index < -0.39 is 29.9 Å². The molecule has 5 heteroatoms. The van der Waals surface area contributed by atoms with Crippen LogP contribution < -0.4 is 0 Å². The molecule has 4 atom stereocenters. The van der Waals surface area contributed by atoms with Gasteiger partial charge >= 0.3 is 0 Å². The number of fused-ring (bicyclic) bond motifs is 1. The molecule has 0 aromatic carbocycles. The summed E-state index contributed by atoms with van der Waals surface area (Å²) in [5.74, 6) is -0.785. The molecule has 2 saturated heterocycles. The highest BCUT2D eigenvalue weighted by Crippen LogP contribution is 2.43. The first-order valence-electron chi connectivity index (χ1n) is 4.91. The molecule has 0 amide bonds. The Kier molecular flexibility index (Phi) is 2.40. The Morgan fingerprint density at radius 2 is 2.07 bits per heavy atom. The molecule has 86 valence electrons. The van der Waals surface area contributed by atoms with Crippen molar-refractivity contribution < 1.29 is 24.4 Å². The number of ether oxygens (including phenoxy) is 3. The lowest BCUT2D eigenvalue weighted by atomic mass is 9.93. The third-order valence-corrected chi connectivity index (χ3v) is 2.82. The minimum absolute atomic E-state index is 0.303. The number of aliphatic hydroxyl groups excluding tert-OH is 1. The van der Waals surface area contributed by atoms with Gasteiger partial charge in [-0.05, 0) is 13.8 Å². The van der Waals surface area contributed by atoms with Crippen LogP contribution in [0.1, 0.15) is 13.8 Å². The van der Waals surface area contributed by atoms with E-state index in [4.69, 9.17) is 19.3 Å². The van der Waals surface area contributed by atoms with E-state index in [2.05, 4.69) is 6.58 Å².